The van der Waals surface area contributed by atoms with Crippen LogP contribution in [0.25, 0.3) is 10.6 Å². The van der Waals surface area contributed by atoms with Gasteiger partial charge in [-0.05, 0) is 18.4 Å². The summed E-state index contributed by atoms with van der Waals surface area (Å²) in [6, 6.07) is 4.90. The van der Waals surface area contributed by atoms with Crippen LogP contribution in [-0.4, -0.2) is 17.5 Å². The highest BCUT2D eigenvalue weighted by molar-refractivity contribution is 7.98. The predicted octanol–water partition coefficient (Wildman–Crippen LogP) is 3.48. The molecule has 1 aromatic carbocycles. The van der Waals surface area contributed by atoms with E-state index in [1.807, 2.05) is 12.3 Å². The van der Waals surface area contributed by atoms with E-state index in [0.29, 0.717) is 15.4 Å². The lowest BCUT2D eigenvalue weighted by atomic mass is 10.2. The van der Waals surface area contributed by atoms with E-state index < -0.39 is 0 Å². The molecule has 0 saturated heterocycles. The largest absolute Gasteiger partial charge is 0.297 e. The number of benzene rings is 1. The molecule has 16 heavy (non-hydrogen) atoms. The SMILES string of the molecule is CSc1cccc(F)c1-c1ncc(C=O)s1. The van der Waals surface area contributed by atoms with Gasteiger partial charge in [-0.15, -0.1) is 23.1 Å². The zero-order chi connectivity index (χ0) is 11.5. The maximum Gasteiger partial charge on any atom is 0.161 e. The Balaban J connectivity index is 2.57. The van der Waals surface area contributed by atoms with Crippen molar-refractivity contribution >= 4 is 29.4 Å². The van der Waals surface area contributed by atoms with Gasteiger partial charge in [-0.25, -0.2) is 9.37 Å². The Morgan fingerprint density at radius 2 is 2.31 bits per heavy atom. The van der Waals surface area contributed by atoms with Crippen LogP contribution in [0.2, 0.25) is 0 Å². The fourth-order valence-electron chi connectivity index (χ4n) is 1.34. The van der Waals surface area contributed by atoms with Crippen molar-refractivity contribution < 1.29 is 9.18 Å². The molecule has 0 spiro atoms. The highest BCUT2D eigenvalue weighted by atomic mass is 32.2. The summed E-state index contributed by atoms with van der Waals surface area (Å²) >= 11 is 2.66. The number of hydrogen-bond acceptors (Lipinski definition) is 4. The van der Waals surface area contributed by atoms with Gasteiger partial charge in [-0.2, -0.15) is 0 Å². The minimum atomic E-state index is -0.307. The highest BCUT2D eigenvalue weighted by Crippen LogP contribution is 2.34. The van der Waals surface area contributed by atoms with Crippen molar-refractivity contribution in [3.05, 3.63) is 35.1 Å². The van der Waals surface area contributed by atoms with Gasteiger partial charge in [0.15, 0.2) is 6.29 Å². The van der Waals surface area contributed by atoms with Gasteiger partial charge < -0.3 is 0 Å². The average molecular weight is 253 g/mol. The van der Waals surface area contributed by atoms with E-state index in [1.54, 1.807) is 6.07 Å². The molecule has 82 valence electrons. The molecule has 0 aliphatic rings. The molecule has 2 nitrogen and oxygen atoms in total. The third kappa shape index (κ3) is 2.01. The Bertz CT molecular complexity index is 524. The topological polar surface area (TPSA) is 30.0 Å². The van der Waals surface area contributed by atoms with Crippen LogP contribution < -0.4 is 0 Å². The van der Waals surface area contributed by atoms with Crippen LogP contribution in [-0.2, 0) is 0 Å². The lowest BCUT2D eigenvalue weighted by Gasteiger charge is -2.04. The molecule has 0 N–H and O–H groups in total. The van der Waals surface area contributed by atoms with E-state index in [9.17, 15) is 9.18 Å². The average Bonchev–Trinajstić information content (AvgIpc) is 2.76. The zero-order valence-electron chi connectivity index (χ0n) is 8.44. The van der Waals surface area contributed by atoms with E-state index in [1.165, 1.54) is 35.4 Å². The fraction of sp³-hybridized carbons (Fsp3) is 0.0909. The Labute approximate surface area is 101 Å². The van der Waals surface area contributed by atoms with Crippen molar-refractivity contribution in [2.75, 3.05) is 6.26 Å². The van der Waals surface area contributed by atoms with E-state index in [2.05, 4.69) is 4.98 Å². The maximum atomic E-state index is 13.7. The molecule has 0 bridgehead atoms. The number of thioether (sulfide) groups is 1. The van der Waals surface area contributed by atoms with Crippen LogP contribution in [0.5, 0.6) is 0 Å². The van der Waals surface area contributed by atoms with Crippen molar-refractivity contribution in [2.45, 2.75) is 4.90 Å². The minimum Gasteiger partial charge on any atom is -0.297 e. The first kappa shape index (κ1) is 11.3. The van der Waals surface area contributed by atoms with Crippen molar-refractivity contribution in [1.82, 2.24) is 4.98 Å². The van der Waals surface area contributed by atoms with Gasteiger partial charge in [0.05, 0.1) is 10.4 Å². The van der Waals surface area contributed by atoms with Gasteiger partial charge >= 0.3 is 0 Å². The highest BCUT2D eigenvalue weighted by Gasteiger charge is 2.13. The third-order valence-electron chi connectivity index (χ3n) is 2.05. The van der Waals surface area contributed by atoms with Crippen LogP contribution in [0.1, 0.15) is 9.67 Å². The molecule has 0 aliphatic heterocycles. The van der Waals surface area contributed by atoms with Gasteiger partial charge in [0.1, 0.15) is 10.8 Å². The smallest absolute Gasteiger partial charge is 0.161 e. The number of rotatable bonds is 3. The standard InChI is InChI=1S/C11H8FNOS2/c1-15-9-4-2-3-8(12)10(9)11-13-5-7(6-14)16-11/h2-6H,1H3. The minimum absolute atomic E-state index is 0.307. The van der Waals surface area contributed by atoms with E-state index in [-0.39, 0.29) is 5.82 Å². The number of carbonyl (C=O) groups excluding carboxylic acids is 1. The van der Waals surface area contributed by atoms with Gasteiger partial charge in [0.2, 0.25) is 0 Å². The third-order valence-corrected chi connectivity index (χ3v) is 3.77. The van der Waals surface area contributed by atoms with Gasteiger partial charge in [0.25, 0.3) is 0 Å². The van der Waals surface area contributed by atoms with Crippen LogP contribution >= 0.6 is 23.1 Å². The van der Waals surface area contributed by atoms with Crippen molar-refractivity contribution in [3.8, 4) is 10.6 Å². The number of nitrogens with zero attached hydrogens (tertiary/aromatic N) is 1. The monoisotopic (exact) mass is 253 g/mol. The number of thiazole rings is 1. The summed E-state index contributed by atoms with van der Waals surface area (Å²) < 4.78 is 13.7. The lowest BCUT2D eigenvalue weighted by Crippen LogP contribution is -1.86. The summed E-state index contributed by atoms with van der Waals surface area (Å²) in [5, 5.41) is 0.546. The summed E-state index contributed by atoms with van der Waals surface area (Å²) in [5.74, 6) is -0.307. The van der Waals surface area contributed by atoms with E-state index in [0.717, 1.165) is 11.2 Å². The Hall–Kier alpha value is -1.20. The molecule has 0 atom stereocenters. The molecule has 0 aliphatic carbocycles. The second kappa shape index (κ2) is 4.76. The molecule has 2 aromatic rings. The quantitative estimate of drug-likeness (QED) is 0.619. The molecule has 0 fully saturated rings. The fourth-order valence-corrected chi connectivity index (χ4v) is 2.81. The number of carbonyl (C=O) groups is 1. The number of aldehydes is 1. The van der Waals surface area contributed by atoms with Crippen LogP contribution in [0, 0.1) is 5.82 Å². The van der Waals surface area contributed by atoms with Gasteiger partial charge in [0, 0.05) is 11.1 Å². The van der Waals surface area contributed by atoms with Crippen LogP contribution in [0.3, 0.4) is 0 Å². The van der Waals surface area contributed by atoms with Crippen LogP contribution in [0.15, 0.2) is 29.3 Å². The van der Waals surface area contributed by atoms with Crippen molar-refractivity contribution in [1.29, 1.82) is 0 Å². The van der Waals surface area contributed by atoms with E-state index >= 15 is 0 Å². The lowest BCUT2D eigenvalue weighted by molar-refractivity contribution is 0.112. The van der Waals surface area contributed by atoms with Crippen molar-refractivity contribution in [2.24, 2.45) is 0 Å². The summed E-state index contributed by atoms with van der Waals surface area (Å²) in [7, 11) is 0. The Morgan fingerprint density at radius 3 is 2.94 bits per heavy atom. The van der Waals surface area contributed by atoms with Crippen molar-refractivity contribution in [3.63, 3.8) is 0 Å². The Kier molecular flexibility index (Phi) is 3.36. The molecule has 0 radical (unpaired) electrons. The van der Waals surface area contributed by atoms with Gasteiger partial charge in [-0.3, -0.25) is 4.79 Å². The molecule has 0 unspecified atom stereocenters. The molecule has 1 aromatic heterocycles. The summed E-state index contributed by atoms with van der Waals surface area (Å²) in [4.78, 5) is 16.0. The summed E-state index contributed by atoms with van der Waals surface area (Å²) in [5.41, 5.74) is 0.480. The molecule has 0 saturated carbocycles. The van der Waals surface area contributed by atoms with E-state index in [4.69, 9.17) is 0 Å². The molecule has 0 amide bonds. The molecule has 1 heterocycles. The number of aromatic nitrogens is 1. The molecule has 2 rings (SSSR count). The van der Waals surface area contributed by atoms with Gasteiger partial charge in [-0.1, -0.05) is 6.07 Å². The first-order chi connectivity index (χ1) is 7.76. The summed E-state index contributed by atoms with van der Waals surface area (Å²) in [6.07, 6.45) is 4.07. The summed E-state index contributed by atoms with van der Waals surface area (Å²) in [6.45, 7) is 0. The second-order valence-electron chi connectivity index (χ2n) is 3.00. The first-order valence-electron chi connectivity index (χ1n) is 4.50. The Morgan fingerprint density at radius 1 is 1.50 bits per heavy atom. The number of halogens is 1. The molecular formula is C11H8FNOS2. The van der Waals surface area contributed by atoms with Crippen LogP contribution in [0.4, 0.5) is 4.39 Å². The maximum absolute atomic E-state index is 13.7. The predicted molar refractivity (Wildman–Crippen MR) is 64.7 cm³/mol. The number of hydrogen-bond donors (Lipinski definition) is 0. The first-order valence-corrected chi connectivity index (χ1v) is 6.54. The second-order valence-corrected chi connectivity index (χ2v) is 4.91. The normalized spacial score (nSPS) is 10.4. The molecular weight excluding hydrogens is 245 g/mol. The molecule has 5 heteroatoms. The zero-order valence-corrected chi connectivity index (χ0v) is 10.1.